The second kappa shape index (κ2) is 8.14. The molecule has 6 heteroatoms. The molecule has 0 fully saturated rings. The summed E-state index contributed by atoms with van der Waals surface area (Å²) in [6, 6.07) is 10.4. The van der Waals surface area contributed by atoms with Crippen LogP contribution in [0.2, 0.25) is 0 Å². The zero-order valence-electron chi connectivity index (χ0n) is 12.6. The molecule has 1 aromatic carbocycles. The molecule has 23 heavy (non-hydrogen) atoms. The van der Waals surface area contributed by atoms with Gasteiger partial charge in [-0.1, -0.05) is 18.2 Å². The lowest BCUT2D eigenvalue weighted by atomic mass is 10.1. The predicted octanol–water partition coefficient (Wildman–Crippen LogP) is 3.10. The van der Waals surface area contributed by atoms with Gasteiger partial charge in [0.05, 0.1) is 19.6 Å². The van der Waals surface area contributed by atoms with Crippen LogP contribution in [0.3, 0.4) is 0 Å². The van der Waals surface area contributed by atoms with Gasteiger partial charge in [0.2, 0.25) is 5.91 Å². The Morgan fingerprint density at radius 3 is 2.61 bits per heavy atom. The Morgan fingerprint density at radius 1 is 1.30 bits per heavy atom. The zero-order valence-corrected chi connectivity index (χ0v) is 13.4. The van der Waals surface area contributed by atoms with Crippen LogP contribution in [0, 0.1) is 0 Å². The van der Waals surface area contributed by atoms with Gasteiger partial charge >= 0.3 is 5.97 Å². The Balaban J connectivity index is 2.00. The lowest BCUT2D eigenvalue weighted by Gasteiger charge is -2.14. The topological polar surface area (TPSA) is 75.6 Å². The molecule has 0 bridgehead atoms. The minimum Gasteiger partial charge on any atom is -0.497 e. The van der Waals surface area contributed by atoms with E-state index < -0.39 is 12.0 Å². The standard InChI is InChI=1S/C17H17NO4S/c1-22-13-7-4-12(5-8-13)6-9-16(19)18-14(11-17(20)21)15-3-2-10-23-15/h2-10,14H,11H2,1H3,(H,18,19)(H,20,21)/b9-6-/t14-/m0/s1. The number of hydrogen-bond acceptors (Lipinski definition) is 4. The highest BCUT2D eigenvalue weighted by molar-refractivity contribution is 7.10. The van der Waals surface area contributed by atoms with Crippen LogP contribution in [0.25, 0.3) is 6.08 Å². The molecule has 2 aromatic rings. The fourth-order valence-electron chi connectivity index (χ4n) is 1.99. The number of benzene rings is 1. The first-order valence-corrected chi connectivity index (χ1v) is 7.84. The van der Waals surface area contributed by atoms with E-state index in [2.05, 4.69) is 5.32 Å². The number of carbonyl (C=O) groups is 2. The van der Waals surface area contributed by atoms with Gasteiger partial charge in [-0.15, -0.1) is 11.3 Å². The summed E-state index contributed by atoms with van der Waals surface area (Å²) in [6.07, 6.45) is 2.91. The van der Waals surface area contributed by atoms with Gasteiger partial charge in [-0.3, -0.25) is 9.59 Å². The quantitative estimate of drug-likeness (QED) is 0.765. The first-order valence-electron chi connectivity index (χ1n) is 6.96. The van der Waals surface area contributed by atoms with Crippen LogP contribution in [-0.4, -0.2) is 24.1 Å². The Labute approximate surface area is 138 Å². The van der Waals surface area contributed by atoms with Crippen molar-refractivity contribution in [3.8, 4) is 5.75 Å². The van der Waals surface area contributed by atoms with E-state index in [0.29, 0.717) is 0 Å². The number of ether oxygens (including phenoxy) is 1. The van der Waals surface area contributed by atoms with Crippen molar-refractivity contribution in [3.63, 3.8) is 0 Å². The highest BCUT2D eigenvalue weighted by atomic mass is 32.1. The average molecular weight is 331 g/mol. The number of amides is 1. The predicted molar refractivity (Wildman–Crippen MR) is 89.5 cm³/mol. The molecule has 0 saturated carbocycles. The summed E-state index contributed by atoms with van der Waals surface area (Å²) in [7, 11) is 1.59. The van der Waals surface area contributed by atoms with Crippen LogP contribution in [0.15, 0.2) is 47.9 Å². The SMILES string of the molecule is COc1ccc(/C=C\C(=O)N[C@@H](CC(=O)O)c2cccs2)cc1. The number of nitrogens with one attached hydrogen (secondary N) is 1. The van der Waals surface area contributed by atoms with Crippen LogP contribution in [0.1, 0.15) is 22.9 Å². The van der Waals surface area contributed by atoms with E-state index in [1.807, 2.05) is 29.6 Å². The molecule has 1 aromatic heterocycles. The lowest BCUT2D eigenvalue weighted by Crippen LogP contribution is -2.28. The Kier molecular flexibility index (Phi) is 5.94. The fourth-order valence-corrected chi connectivity index (χ4v) is 2.77. The molecule has 0 spiro atoms. The van der Waals surface area contributed by atoms with E-state index in [-0.39, 0.29) is 12.3 Å². The molecule has 2 N–H and O–H groups in total. The molecule has 0 unspecified atom stereocenters. The summed E-state index contributed by atoms with van der Waals surface area (Å²) in [5.74, 6) is -0.547. The number of aliphatic carboxylic acids is 1. The minimum absolute atomic E-state index is 0.150. The van der Waals surface area contributed by atoms with Gasteiger partial charge in [-0.05, 0) is 35.2 Å². The van der Waals surface area contributed by atoms with Crippen LogP contribution in [0.5, 0.6) is 5.75 Å². The highest BCUT2D eigenvalue weighted by Crippen LogP contribution is 2.22. The number of carboxylic acid groups (broad SMARTS) is 1. The molecule has 0 radical (unpaired) electrons. The first kappa shape index (κ1) is 16.8. The monoisotopic (exact) mass is 331 g/mol. The third-order valence-corrected chi connectivity index (χ3v) is 4.11. The molecule has 0 aliphatic rings. The van der Waals surface area contributed by atoms with Gasteiger partial charge in [0.15, 0.2) is 0 Å². The number of rotatable bonds is 7. The van der Waals surface area contributed by atoms with E-state index in [0.717, 1.165) is 16.2 Å². The Bertz CT molecular complexity index is 677. The molecule has 0 aliphatic carbocycles. The highest BCUT2D eigenvalue weighted by Gasteiger charge is 2.17. The molecule has 5 nitrogen and oxygen atoms in total. The molecule has 0 saturated heterocycles. The normalized spacial score (nSPS) is 12.0. The summed E-state index contributed by atoms with van der Waals surface area (Å²) in [4.78, 5) is 23.8. The van der Waals surface area contributed by atoms with Crippen LogP contribution >= 0.6 is 11.3 Å². The number of thiophene rings is 1. The second-order valence-electron chi connectivity index (χ2n) is 4.78. The van der Waals surface area contributed by atoms with Gasteiger partial charge < -0.3 is 15.2 Å². The van der Waals surface area contributed by atoms with E-state index in [1.54, 1.807) is 25.3 Å². The molecule has 120 valence electrons. The van der Waals surface area contributed by atoms with Crippen molar-refractivity contribution >= 4 is 29.3 Å². The van der Waals surface area contributed by atoms with Gasteiger partial charge in [-0.2, -0.15) is 0 Å². The molecule has 0 aliphatic heterocycles. The van der Waals surface area contributed by atoms with Crippen molar-refractivity contribution in [3.05, 3.63) is 58.3 Å². The summed E-state index contributed by atoms with van der Waals surface area (Å²) in [5.41, 5.74) is 0.854. The smallest absolute Gasteiger partial charge is 0.305 e. The number of methoxy groups -OCH3 is 1. The van der Waals surface area contributed by atoms with Crippen molar-refractivity contribution in [2.75, 3.05) is 7.11 Å². The molecule has 1 amide bonds. The molecule has 1 atom stereocenters. The van der Waals surface area contributed by atoms with E-state index >= 15 is 0 Å². The van der Waals surface area contributed by atoms with Crippen LogP contribution < -0.4 is 10.1 Å². The molecular formula is C17H17NO4S. The van der Waals surface area contributed by atoms with E-state index in [9.17, 15) is 9.59 Å². The maximum absolute atomic E-state index is 12.0. The van der Waals surface area contributed by atoms with Gasteiger partial charge in [0, 0.05) is 11.0 Å². The number of carboxylic acids is 1. The van der Waals surface area contributed by atoms with Crippen molar-refractivity contribution in [1.82, 2.24) is 5.32 Å². The Hall–Kier alpha value is -2.60. The van der Waals surface area contributed by atoms with Gasteiger partial charge in [0.1, 0.15) is 5.75 Å². The maximum Gasteiger partial charge on any atom is 0.305 e. The zero-order chi connectivity index (χ0) is 16.7. The van der Waals surface area contributed by atoms with E-state index in [4.69, 9.17) is 9.84 Å². The first-order chi connectivity index (χ1) is 11.1. The maximum atomic E-state index is 12.0. The number of carbonyl (C=O) groups excluding carboxylic acids is 1. The van der Waals surface area contributed by atoms with Crippen molar-refractivity contribution in [2.45, 2.75) is 12.5 Å². The fraction of sp³-hybridized carbons (Fsp3) is 0.176. The summed E-state index contributed by atoms with van der Waals surface area (Å²) in [5, 5.41) is 13.5. The summed E-state index contributed by atoms with van der Waals surface area (Å²) in [6.45, 7) is 0. The lowest BCUT2D eigenvalue weighted by molar-refractivity contribution is -0.137. The van der Waals surface area contributed by atoms with Crippen molar-refractivity contribution in [2.24, 2.45) is 0 Å². The summed E-state index contributed by atoms with van der Waals surface area (Å²) >= 11 is 1.42. The Morgan fingerprint density at radius 2 is 2.04 bits per heavy atom. The largest absolute Gasteiger partial charge is 0.497 e. The van der Waals surface area contributed by atoms with Crippen LogP contribution in [-0.2, 0) is 9.59 Å². The van der Waals surface area contributed by atoms with E-state index in [1.165, 1.54) is 17.4 Å². The number of hydrogen-bond donors (Lipinski definition) is 2. The van der Waals surface area contributed by atoms with Gasteiger partial charge in [0.25, 0.3) is 0 Å². The second-order valence-corrected chi connectivity index (χ2v) is 5.76. The third-order valence-electron chi connectivity index (χ3n) is 3.12. The van der Waals surface area contributed by atoms with Crippen molar-refractivity contribution < 1.29 is 19.4 Å². The minimum atomic E-state index is -0.956. The van der Waals surface area contributed by atoms with Crippen LogP contribution in [0.4, 0.5) is 0 Å². The van der Waals surface area contributed by atoms with Gasteiger partial charge in [-0.25, -0.2) is 0 Å². The molecule has 1 heterocycles. The third kappa shape index (κ3) is 5.27. The molecular weight excluding hydrogens is 314 g/mol. The molecule has 2 rings (SSSR count). The average Bonchev–Trinajstić information content (AvgIpc) is 3.07. The van der Waals surface area contributed by atoms with Crippen molar-refractivity contribution in [1.29, 1.82) is 0 Å². The summed E-state index contributed by atoms with van der Waals surface area (Å²) < 4.78 is 5.07.